The van der Waals surface area contributed by atoms with Crippen molar-refractivity contribution in [2.45, 2.75) is 6.54 Å². The maximum Gasteiger partial charge on any atom is 0.252 e. The number of pyridine rings is 1. The van der Waals surface area contributed by atoms with Crippen LogP contribution in [0.15, 0.2) is 29.1 Å². The van der Waals surface area contributed by atoms with Crippen molar-refractivity contribution < 1.29 is 0 Å². The lowest BCUT2D eigenvalue weighted by Crippen LogP contribution is -2.15. The number of benzene rings is 1. The maximum atomic E-state index is 11.4. The van der Waals surface area contributed by atoms with Crippen LogP contribution in [0.3, 0.4) is 0 Å². The third-order valence-corrected chi connectivity index (χ3v) is 2.17. The van der Waals surface area contributed by atoms with Crippen molar-refractivity contribution in [3.63, 3.8) is 0 Å². The molecule has 0 aliphatic heterocycles. The van der Waals surface area contributed by atoms with E-state index in [2.05, 4.69) is 4.98 Å². The molecule has 0 fully saturated rings. The van der Waals surface area contributed by atoms with E-state index in [1.165, 1.54) is 0 Å². The molecule has 0 aliphatic carbocycles. The van der Waals surface area contributed by atoms with Crippen LogP contribution in [-0.4, -0.2) is 4.98 Å². The Bertz CT molecular complexity index is 530. The van der Waals surface area contributed by atoms with E-state index in [0.29, 0.717) is 11.3 Å². The van der Waals surface area contributed by atoms with Gasteiger partial charge in [0.2, 0.25) is 0 Å². The summed E-state index contributed by atoms with van der Waals surface area (Å²) in [4.78, 5) is 14.1. The van der Waals surface area contributed by atoms with E-state index in [1.807, 2.05) is 6.07 Å². The summed E-state index contributed by atoms with van der Waals surface area (Å²) in [7, 11) is 0. The SMILES string of the molecule is NCc1cc2cc(N)ccc2[nH]c1=O. The van der Waals surface area contributed by atoms with E-state index in [1.54, 1.807) is 18.2 Å². The summed E-state index contributed by atoms with van der Waals surface area (Å²) in [6.45, 7) is 0.236. The van der Waals surface area contributed by atoms with Gasteiger partial charge in [0.1, 0.15) is 0 Å². The molecule has 1 aromatic carbocycles. The van der Waals surface area contributed by atoms with Crippen LogP contribution >= 0.6 is 0 Å². The van der Waals surface area contributed by atoms with Crippen LogP contribution in [0.25, 0.3) is 10.9 Å². The molecule has 4 nitrogen and oxygen atoms in total. The highest BCUT2D eigenvalue weighted by atomic mass is 16.1. The molecule has 0 radical (unpaired) electrons. The minimum Gasteiger partial charge on any atom is -0.399 e. The molecule has 72 valence electrons. The number of rotatable bonds is 1. The Kier molecular flexibility index (Phi) is 1.98. The summed E-state index contributed by atoms with van der Waals surface area (Å²) < 4.78 is 0. The molecule has 0 spiro atoms. The summed E-state index contributed by atoms with van der Waals surface area (Å²) in [5.74, 6) is 0. The number of nitrogens with two attached hydrogens (primary N) is 2. The van der Waals surface area contributed by atoms with Crippen molar-refractivity contribution >= 4 is 16.6 Å². The van der Waals surface area contributed by atoms with Gasteiger partial charge in [-0.2, -0.15) is 0 Å². The normalized spacial score (nSPS) is 10.6. The highest BCUT2D eigenvalue weighted by molar-refractivity contribution is 5.82. The van der Waals surface area contributed by atoms with Gasteiger partial charge in [-0.05, 0) is 24.3 Å². The minimum atomic E-state index is -0.134. The molecule has 14 heavy (non-hydrogen) atoms. The van der Waals surface area contributed by atoms with Crippen molar-refractivity contribution in [3.05, 3.63) is 40.2 Å². The molecule has 1 aromatic heterocycles. The molecule has 2 rings (SSSR count). The Morgan fingerprint density at radius 2 is 2.07 bits per heavy atom. The zero-order valence-corrected chi connectivity index (χ0v) is 7.58. The smallest absolute Gasteiger partial charge is 0.252 e. The molecular formula is C10H11N3O. The summed E-state index contributed by atoms with van der Waals surface area (Å²) in [5.41, 5.74) is 12.9. The van der Waals surface area contributed by atoms with E-state index >= 15 is 0 Å². The van der Waals surface area contributed by atoms with Crippen molar-refractivity contribution in [1.82, 2.24) is 4.98 Å². The monoisotopic (exact) mass is 189 g/mol. The van der Waals surface area contributed by atoms with Gasteiger partial charge in [0.05, 0.1) is 0 Å². The molecule has 0 atom stereocenters. The zero-order chi connectivity index (χ0) is 10.1. The van der Waals surface area contributed by atoms with E-state index < -0.39 is 0 Å². The predicted octanol–water partition coefficient (Wildman–Crippen LogP) is 0.569. The average molecular weight is 189 g/mol. The Labute approximate surface area is 80.5 Å². The highest BCUT2D eigenvalue weighted by Gasteiger charge is 2.00. The lowest BCUT2D eigenvalue weighted by Gasteiger charge is -2.01. The number of aromatic nitrogens is 1. The minimum absolute atomic E-state index is 0.134. The zero-order valence-electron chi connectivity index (χ0n) is 7.58. The molecule has 0 unspecified atom stereocenters. The number of anilines is 1. The largest absolute Gasteiger partial charge is 0.399 e. The van der Waals surface area contributed by atoms with Crippen LogP contribution < -0.4 is 17.0 Å². The van der Waals surface area contributed by atoms with Crippen molar-refractivity contribution in [2.75, 3.05) is 5.73 Å². The van der Waals surface area contributed by atoms with Gasteiger partial charge in [-0.1, -0.05) is 0 Å². The van der Waals surface area contributed by atoms with Gasteiger partial charge < -0.3 is 16.5 Å². The third-order valence-electron chi connectivity index (χ3n) is 2.17. The molecule has 0 amide bonds. The topological polar surface area (TPSA) is 84.9 Å². The van der Waals surface area contributed by atoms with Crippen LogP contribution in [-0.2, 0) is 6.54 Å². The molecule has 4 heteroatoms. The van der Waals surface area contributed by atoms with Crippen LogP contribution in [0.5, 0.6) is 0 Å². The lowest BCUT2D eigenvalue weighted by molar-refractivity contribution is 1.03. The van der Waals surface area contributed by atoms with Gasteiger partial charge >= 0.3 is 0 Å². The first-order chi connectivity index (χ1) is 6.70. The van der Waals surface area contributed by atoms with Gasteiger partial charge in [0, 0.05) is 28.7 Å². The van der Waals surface area contributed by atoms with Crippen LogP contribution in [0.2, 0.25) is 0 Å². The number of fused-ring (bicyclic) bond motifs is 1. The number of hydrogen-bond donors (Lipinski definition) is 3. The number of nitrogen functional groups attached to an aromatic ring is 1. The van der Waals surface area contributed by atoms with E-state index in [0.717, 1.165) is 10.9 Å². The van der Waals surface area contributed by atoms with E-state index in [-0.39, 0.29) is 12.1 Å². The number of aromatic amines is 1. The maximum absolute atomic E-state index is 11.4. The van der Waals surface area contributed by atoms with Gasteiger partial charge in [-0.25, -0.2) is 0 Å². The Balaban J connectivity index is 2.80. The van der Waals surface area contributed by atoms with Crippen LogP contribution in [0, 0.1) is 0 Å². The summed E-state index contributed by atoms with van der Waals surface area (Å²) in [5, 5.41) is 0.907. The van der Waals surface area contributed by atoms with Gasteiger partial charge in [0.15, 0.2) is 0 Å². The van der Waals surface area contributed by atoms with E-state index in [4.69, 9.17) is 11.5 Å². The number of nitrogens with one attached hydrogen (secondary N) is 1. The first kappa shape index (κ1) is 8.77. The molecule has 1 heterocycles. The van der Waals surface area contributed by atoms with E-state index in [9.17, 15) is 4.79 Å². The molecular weight excluding hydrogens is 178 g/mol. The van der Waals surface area contributed by atoms with Crippen molar-refractivity contribution in [2.24, 2.45) is 5.73 Å². The summed E-state index contributed by atoms with van der Waals surface area (Å²) in [6, 6.07) is 7.11. The van der Waals surface area contributed by atoms with Crippen molar-refractivity contribution in [1.29, 1.82) is 0 Å². The fraction of sp³-hybridized carbons (Fsp3) is 0.100. The fourth-order valence-corrected chi connectivity index (χ4v) is 1.42. The van der Waals surface area contributed by atoms with Gasteiger partial charge in [-0.15, -0.1) is 0 Å². The Morgan fingerprint density at radius 3 is 2.79 bits per heavy atom. The quantitative estimate of drug-likeness (QED) is 0.573. The number of H-pyrrole nitrogens is 1. The Morgan fingerprint density at radius 1 is 1.29 bits per heavy atom. The third kappa shape index (κ3) is 1.36. The van der Waals surface area contributed by atoms with Gasteiger partial charge in [0.25, 0.3) is 5.56 Å². The molecule has 0 saturated carbocycles. The highest BCUT2D eigenvalue weighted by Crippen LogP contribution is 2.14. The molecule has 5 N–H and O–H groups in total. The summed E-state index contributed by atoms with van der Waals surface area (Å²) in [6.07, 6.45) is 0. The standard InChI is InChI=1S/C10H11N3O/c11-5-7-3-6-4-8(12)1-2-9(6)13-10(7)14/h1-4H,5,11-12H2,(H,13,14). The second kappa shape index (κ2) is 3.16. The first-order valence-corrected chi connectivity index (χ1v) is 4.32. The van der Waals surface area contributed by atoms with Crippen LogP contribution in [0.4, 0.5) is 5.69 Å². The van der Waals surface area contributed by atoms with Crippen LogP contribution in [0.1, 0.15) is 5.56 Å². The molecule has 0 aliphatic rings. The molecule has 0 bridgehead atoms. The summed E-state index contributed by atoms with van der Waals surface area (Å²) >= 11 is 0. The van der Waals surface area contributed by atoms with Crippen molar-refractivity contribution in [3.8, 4) is 0 Å². The predicted molar refractivity (Wildman–Crippen MR) is 56.9 cm³/mol. The van der Waals surface area contributed by atoms with Gasteiger partial charge in [-0.3, -0.25) is 4.79 Å². The first-order valence-electron chi connectivity index (χ1n) is 4.32. The lowest BCUT2D eigenvalue weighted by atomic mass is 10.1. The Hall–Kier alpha value is -1.81. The molecule has 2 aromatic rings. The second-order valence-electron chi connectivity index (χ2n) is 3.17. The number of hydrogen-bond acceptors (Lipinski definition) is 3. The second-order valence-corrected chi connectivity index (χ2v) is 3.17. The fourth-order valence-electron chi connectivity index (χ4n) is 1.42. The molecule has 0 saturated heterocycles. The average Bonchev–Trinajstić information content (AvgIpc) is 2.17.